The van der Waals surface area contributed by atoms with Crippen molar-refractivity contribution in [3.05, 3.63) is 94.9 Å². The smallest absolute Gasteiger partial charge is 0.273 e. The summed E-state index contributed by atoms with van der Waals surface area (Å²) >= 11 is 0. The molecular formula is C24H21N3O4. The number of carbonyl (C=O) groups is 2. The summed E-state index contributed by atoms with van der Waals surface area (Å²) in [7, 11) is 0. The van der Waals surface area contributed by atoms with E-state index in [2.05, 4.69) is 16.0 Å². The Kier molecular flexibility index (Phi) is 5.66. The van der Waals surface area contributed by atoms with Gasteiger partial charge in [0.25, 0.3) is 11.8 Å². The number of hydrogen-bond donors (Lipinski definition) is 2. The van der Waals surface area contributed by atoms with E-state index in [9.17, 15) is 9.59 Å². The topological polar surface area (TPSA) is 93.5 Å². The standard InChI is InChI=1S/C24H21N3O4/c1-15-21(16(2)31-27-15)14-30-22-10-6-5-9-20(22)24(29)26-25-23(28)19-12-11-17-7-3-4-8-18(17)13-19/h3-13H,14H2,1-2H3,(H,25,28)(H,26,29). The van der Waals surface area contributed by atoms with Gasteiger partial charge in [0, 0.05) is 5.56 Å². The Hall–Kier alpha value is -4.13. The Bertz CT molecular complexity index is 1240. The molecule has 0 aliphatic heterocycles. The first-order chi connectivity index (χ1) is 15.0. The minimum Gasteiger partial charge on any atom is -0.488 e. The monoisotopic (exact) mass is 415 g/mol. The largest absolute Gasteiger partial charge is 0.488 e. The lowest BCUT2D eigenvalue weighted by Gasteiger charge is -2.12. The highest BCUT2D eigenvalue weighted by Gasteiger charge is 2.16. The van der Waals surface area contributed by atoms with Gasteiger partial charge in [0.1, 0.15) is 18.1 Å². The van der Waals surface area contributed by atoms with E-state index in [1.807, 2.05) is 37.3 Å². The first-order valence-corrected chi connectivity index (χ1v) is 9.76. The van der Waals surface area contributed by atoms with Crippen molar-refractivity contribution in [3.8, 4) is 5.75 Å². The number of hydrazine groups is 1. The van der Waals surface area contributed by atoms with Crippen LogP contribution in [0.25, 0.3) is 10.8 Å². The number of aryl methyl sites for hydroxylation is 2. The number of benzene rings is 3. The molecule has 156 valence electrons. The molecule has 0 saturated heterocycles. The average molecular weight is 415 g/mol. The third-order valence-electron chi connectivity index (χ3n) is 4.99. The Morgan fingerprint density at radius 3 is 2.39 bits per heavy atom. The zero-order chi connectivity index (χ0) is 21.8. The second-order valence-corrected chi connectivity index (χ2v) is 7.06. The van der Waals surface area contributed by atoms with E-state index < -0.39 is 11.8 Å². The van der Waals surface area contributed by atoms with Crippen molar-refractivity contribution in [2.24, 2.45) is 0 Å². The predicted molar refractivity (Wildman–Crippen MR) is 116 cm³/mol. The molecule has 4 rings (SSSR count). The molecule has 3 aromatic carbocycles. The summed E-state index contributed by atoms with van der Waals surface area (Å²) in [6.07, 6.45) is 0. The first-order valence-electron chi connectivity index (χ1n) is 9.76. The van der Waals surface area contributed by atoms with Crippen LogP contribution in [0.5, 0.6) is 5.75 Å². The molecule has 0 atom stereocenters. The number of hydrogen-bond acceptors (Lipinski definition) is 5. The van der Waals surface area contributed by atoms with Crippen LogP contribution in [0.15, 0.2) is 71.3 Å². The molecule has 0 unspecified atom stereocenters. The third kappa shape index (κ3) is 4.40. The number of ether oxygens (including phenoxy) is 1. The lowest BCUT2D eigenvalue weighted by atomic mass is 10.1. The van der Waals surface area contributed by atoms with E-state index in [0.29, 0.717) is 22.6 Å². The first kappa shape index (κ1) is 20.2. The average Bonchev–Trinajstić information content (AvgIpc) is 3.12. The van der Waals surface area contributed by atoms with Gasteiger partial charge in [-0.25, -0.2) is 0 Å². The van der Waals surface area contributed by atoms with Crippen LogP contribution in [0.3, 0.4) is 0 Å². The summed E-state index contributed by atoms with van der Waals surface area (Å²) in [5.74, 6) is 0.166. The molecule has 0 bridgehead atoms. The van der Waals surface area contributed by atoms with Crippen molar-refractivity contribution in [2.45, 2.75) is 20.5 Å². The van der Waals surface area contributed by atoms with Crippen molar-refractivity contribution < 1.29 is 18.8 Å². The number of rotatable bonds is 5. The van der Waals surface area contributed by atoms with Gasteiger partial charge in [-0.2, -0.15) is 0 Å². The summed E-state index contributed by atoms with van der Waals surface area (Å²) < 4.78 is 11.0. The summed E-state index contributed by atoms with van der Waals surface area (Å²) in [5.41, 5.74) is 7.23. The van der Waals surface area contributed by atoms with Gasteiger partial charge in [0.15, 0.2) is 0 Å². The fraction of sp³-hybridized carbons (Fsp3) is 0.125. The number of aromatic nitrogens is 1. The summed E-state index contributed by atoms with van der Waals surface area (Å²) in [6.45, 7) is 3.85. The van der Waals surface area contributed by atoms with E-state index >= 15 is 0 Å². The molecule has 2 amide bonds. The lowest BCUT2D eigenvalue weighted by Crippen LogP contribution is -2.41. The molecule has 4 aromatic rings. The summed E-state index contributed by atoms with van der Waals surface area (Å²) in [6, 6.07) is 19.9. The molecule has 0 saturated carbocycles. The van der Waals surface area contributed by atoms with Gasteiger partial charge in [0.2, 0.25) is 0 Å². The highest BCUT2D eigenvalue weighted by Crippen LogP contribution is 2.21. The van der Waals surface area contributed by atoms with Crippen molar-refractivity contribution in [2.75, 3.05) is 0 Å². The Morgan fingerprint density at radius 1 is 0.903 bits per heavy atom. The zero-order valence-electron chi connectivity index (χ0n) is 17.1. The summed E-state index contributed by atoms with van der Waals surface area (Å²) in [4.78, 5) is 25.2. The second kappa shape index (κ2) is 8.71. The molecular weight excluding hydrogens is 394 g/mol. The molecule has 1 aromatic heterocycles. The fourth-order valence-electron chi connectivity index (χ4n) is 3.22. The minimum atomic E-state index is -0.483. The quantitative estimate of drug-likeness (QED) is 0.479. The molecule has 31 heavy (non-hydrogen) atoms. The number of nitrogens with one attached hydrogen (secondary N) is 2. The van der Waals surface area contributed by atoms with Gasteiger partial charge in [-0.15, -0.1) is 0 Å². The molecule has 2 N–H and O–H groups in total. The van der Waals surface area contributed by atoms with Crippen molar-refractivity contribution in [1.29, 1.82) is 0 Å². The molecule has 0 radical (unpaired) electrons. The third-order valence-corrected chi connectivity index (χ3v) is 4.99. The van der Waals surface area contributed by atoms with Gasteiger partial charge in [-0.05, 0) is 48.9 Å². The second-order valence-electron chi connectivity index (χ2n) is 7.06. The fourth-order valence-corrected chi connectivity index (χ4v) is 3.22. The number of carbonyl (C=O) groups excluding carboxylic acids is 2. The van der Waals surface area contributed by atoms with Crippen LogP contribution in [0.2, 0.25) is 0 Å². The van der Waals surface area contributed by atoms with Crippen LogP contribution >= 0.6 is 0 Å². The van der Waals surface area contributed by atoms with Crippen molar-refractivity contribution >= 4 is 22.6 Å². The van der Waals surface area contributed by atoms with Gasteiger partial charge < -0.3 is 9.26 Å². The maximum atomic E-state index is 12.7. The van der Waals surface area contributed by atoms with Gasteiger partial charge in [-0.1, -0.05) is 47.6 Å². The lowest BCUT2D eigenvalue weighted by molar-refractivity contribution is 0.0844. The Balaban J connectivity index is 1.43. The Morgan fingerprint density at radius 2 is 1.61 bits per heavy atom. The maximum Gasteiger partial charge on any atom is 0.273 e. The van der Waals surface area contributed by atoms with Crippen LogP contribution in [0.1, 0.15) is 37.7 Å². The number of fused-ring (bicyclic) bond motifs is 1. The molecule has 7 nitrogen and oxygen atoms in total. The van der Waals surface area contributed by atoms with Gasteiger partial charge >= 0.3 is 0 Å². The molecule has 0 aliphatic carbocycles. The van der Waals surface area contributed by atoms with E-state index in [1.54, 1.807) is 43.3 Å². The van der Waals surface area contributed by atoms with Crippen LogP contribution in [0.4, 0.5) is 0 Å². The molecule has 0 aliphatic rings. The van der Waals surface area contributed by atoms with E-state index in [4.69, 9.17) is 9.26 Å². The van der Waals surface area contributed by atoms with Crippen molar-refractivity contribution in [1.82, 2.24) is 16.0 Å². The summed E-state index contributed by atoms with van der Waals surface area (Å²) in [5, 5.41) is 5.88. The maximum absolute atomic E-state index is 12.7. The van der Waals surface area contributed by atoms with Crippen molar-refractivity contribution in [3.63, 3.8) is 0 Å². The van der Waals surface area contributed by atoms with E-state index in [0.717, 1.165) is 22.0 Å². The van der Waals surface area contributed by atoms with Gasteiger partial charge in [0.05, 0.1) is 16.8 Å². The Labute approximate surface area is 179 Å². The molecule has 7 heteroatoms. The highest BCUT2D eigenvalue weighted by atomic mass is 16.5. The number of para-hydroxylation sites is 1. The highest BCUT2D eigenvalue weighted by molar-refractivity contribution is 6.02. The van der Waals surface area contributed by atoms with E-state index in [-0.39, 0.29) is 6.61 Å². The molecule has 0 fully saturated rings. The van der Waals surface area contributed by atoms with Crippen LogP contribution < -0.4 is 15.6 Å². The van der Waals surface area contributed by atoms with E-state index in [1.165, 1.54) is 0 Å². The minimum absolute atomic E-state index is 0.217. The molecule has 0 spiro atoms. The van der Waals surface area contributed by atoms with Crippen LogP contribution in [0, 0.1) is 13.8 Å². The van der Waals surface area contributed by atoms with Gasteiger partial charge in [-0.3, -0.25) is 20.4 Å². The van der Waals surface area contributed by atoms with Crippen LogP contribution in [-0.2, 0) is 6.61 Å². The van der Waals surface area contributed by atoms with Crippen LogP contribution in [-0.4, -0.2) is 17.0 Å². The normalized spacial score (nSPS) is 10.6. The predicted octanol–water partition coefficient (Wildman–Crippen LogP) is 4.10. The SMILES string of the molecule is Cc1noc(C)c1COc1ccccc1C(=O)NNC(=O)c1ccc2ccccc2c1. The molecule has 1 heterocycles. The number of amides is 2. The number of nitrogens with zero attached hydrogens (tertiary/aromatic N) is 1. The zero-order valence-corrected chi connectivity index (χ0v) is 17.1.